The van der Waals surface area contributed by atoms with Crippen LogP contribution in [0.25, 0.3) is 22.4 Å². The van der Waals surface area contributed by atoms with E-state index in [0.717, 1.165) is 22.4 Å². The molecule has 20 heavy (non-hydrogen) atoms. The Labute approximate surface area is 116 Å². The number of hydrogen-bond donors (Lipinski definition) is 1. The van der Waals surface area contributed by atoms with E-state index >= 15 is 0 Å². The second-order valence-electron chi connectivity index (χ2n) is 5.30. The first kappa shape index (κ1) is 12.4. The number of aryl methyl sites for hydroxylation is 1. The molecule has 5 nitrogen and oxygen atoms in total. The van der Waals surface area contributed by atoms with Crippen LogP contribution in [0.3, 0.4) is 0 Å². The summed E-state index contributed by atoms with van der Waals surface area (Å²) in [7, 11) is 0. The lowest BCUT2D eigenvalue weighted by Gasteiger charge is -2.10. The number of rotatable bonds is 2. The molecule has 0 aliphatic heterocycles. The molecule has 0 amide bonds. The number of aromatic amines is 1. The maximum absolute atomic E-state index is 9.14. The molecule has 2 heterocycles. The predicted molar refractivity (Wildman–Crippen MR) is 75.0 cm³/mol. The third kappa shape index (κ3) is 1.95. The lowest BCUT2D eigenvalue weighted by atomic mass is 9.95. The summed E-state index contributed by atoms with van der Waals surface area (Å²) >= 11 is 0. The zero-order valence-corrected chi connectivity index (χ0v) is 11.6. The van der Waals surface area contributed by atoms with Gasteiger partial charge in [-0.3, -0.25) is 0 Å². The van der Waals surface area contributed by atoms with Crippen molar-refractivity contribution in [2.75, 3.05) is 0 Å². The highest BCUT2D eigenvalue weighted by Crippen LogP contribution is 2.26. The fraction of sp³-hybridized carbons (Fsp3) is 0.267. The minimum atomic E-state index is -0.634. The van der Waals surface area contributed by atoms with E-state index in [1.165, 1.54) is 0 Å². The minimum absolute atomic E-state index is 0.634. The van der Waals surface area contributed by atoms with Crippen molar-refractivity contribution in [2.24, 2.45) is 0 Å². The van der Waals surface area contributed by atoms with Gasteiger partial charge >= 0.3 is 0 Å². The van der Waals surface area contributed by atoms with Gasteiger partial charge in [-0.1, -0.05) is 6.07 Å². The highest BCUT2D eigenvalue weighted by atomic mass is 16.3. The van der Waals surface area contributed by atoms with Gasteiger partial charge in [-0.15, -0.1) is 0 Å². The number of H-pyrrole nitrogens is 1. The van der Waals surface area contributed by atoms with Crippen LogP contribution < -0.4 is 0 Å². The first-order chi connectivity index (χ1) is 9.49. The Morgan fingerprint density at radius 2 is 2.15 bits per heavy atom. The molecule has 0 aliphatic carbocycles. The number of benzene rings is 1. The van der Waals surface area contributed by atoms with E-state index in [-0.39, 0.29) is 0 Å². The summed E-state index contributed by atoms with van der Waals surface area (Å²) in [4.78, 5) is 11.8. The Kier molecular flexibility index (Phi) is 2.61. The second-order valence-corrected chi connectivity index (χ2v) is 5.30. The Balaban J connectivity index is 2.05. The highest BCUT2D eigenvalue weighted by molar-refractivity contribution is 5.79. The van der Waals surface area contributed by atoms with Crippen molar-refractivity contribution in [3.63, 3.8) is 0 Å². The molecule has 100 valence electrons. The van der Waals surface area contributed by atoms with Crippen LogP contribution in [0.15, 0.2) is 28.8 Å². The molecule has 1 N–H and O–H groups in total. The number of imidazole rings is 1. The van der Waals surface area contributed by atoms with Crippen molar-refractivity contribution < 1.29 is 4.42 Å². The number of hydrogen-bond acceptors (Lipinski definition) is 4. The fourth-order valence-electron chi connectivity index (χ4n) is 2.05. The van der Waals surface area contributed by atoms with Crippen molar-refractivity contribution in [3.05, 3.63) is 36.1 Å². The monoisotopic (exact) mass is 266 g/mol. The zero-order chi connectivity index (χ0) is 14.3. The van der Waals surface area contributed by atoms with Gasteiger partial charge in [0.05, 0.1) is 18.0 Å². The Bertz CT molecular complexity index is 820. The molecule has 1 aromatic carbocycles. The average molecular weight is 266 g/mol. The SMILES string of the molecule is Cc1nc2ccc(-c3cnc(C(C)(C)C#N)[nH]3)cc2o1. The van der Waals surface area contributed by atoms with E-state index in [2.05, 4.69) is 21.0 Å². The van der Waals surface area contributed by atoms with Gasteiger partial charge in [0.1, 0.15) is 16.8 Å². The molecule has 0 aliphatic rings. The predicted octanol–water partition coefficient (Wildman–Crippen LogP) is 3.33. The summed E-state index contributed by atoms with van der Waals surface area (Å²) in [6.07, 6.45) is 1.73. The average Bonchev–Trinajstić information content (AvgIpc) is 3.02. The lowest BCUT2D eigenvalue weighted by Crippen LogP contribution is -2.15. The standard InChI is InChI=1S/C15H14N4O/c1-9-18-11-5-4-10(6-13(11)20-9)12-7-17-14(19-12)15(2,3)8-16/h4-7H,1-3H3,(H,17,19). The minimum Gasteiger partial charge on any atom is -0.441 e. The van der Waals surface area contributed by atoms with Crippen LogP contribution >= 0.6 is 0 Å². The van der Waals surface area contributed by atoms with Gasteiger partial charge in [0, 0.05) is 12.5 Å². The second kappa shape index (κ2) is 4.20. The van der Waals surface area contributed by atoms with Crippen molar-refractivity contribution in [1.29, 1.82) is 5.26 Å². The first-order valence-electron chi connectivity index (χ1n) is 6.34. The molecule has 0 saturated carbocycles. The third-order valence-electron chi connectivity index (χ3n) is 3.25. The molecule has 0 bridgehead atoms. The van der Waals surface area contributed by atoms with Crippen molar-refractivity contribution in [2.45, 2.75) is 26.2 Å². The maximum atomic E-state index is 9.14. The highest BCUT2D eigenvalue weighted by Gasteiger charge is 2.23. The summed E-state index contributed by atoms with van der Waals surface area (Å²) in [6, 6.07) is 8.03. The quantitative estimate of drug-likeness (QED) is 0.771. The van der Waals surface area contributed by atoms with Crippen LogP contribution in [0.2, 0.25) is 0 Å². The van der Waals surface area contributed by atoms with Crippen LogP contribution in [-0.2, 0) is 5.41 Å². The van der Waals surface area contributed by atoms with E-state index in [1.807, 2.05) is 39.0 Å². The summed E-state index contributed by atoms with van der Waals surface area (Å²) in [5.74, 6) is 1.30. The molecular formula is C15H14N4O. The molecule has 0 atom stereocenters. The van der Waals surface area contributed by atoms with Gasteiger partial charge in [-0.2, -0.15) is 5.26 Å². The molecule has 0 saturated heterocycles. The normalized spacial score (nSPS) is 11.7. The van der Waals surface area contributed by atoms with Gasteiger partial charge in [0.25, 0.3) is 0 Å². The van der Waals surface area contributed by atoms with E-state index < -0.39 is 5.41 Å². The number of oxazole rings is 1. The number of nitrogens with zero attached hydrogens (tertiary/aromatic N) is 3. The summed E-state index contributed by atoms with van der Waals surface area (Å²) < 4.78 is 5.53. The molecule has 0 fully saturated rings. The van der Waals surface area contributed by atoms with Gasteiger partial charge in [-0.05, 0) is 26.0 Å². The van der Waals surface area contributed by atoms with Crippen molar-refractivity contribution in [1.82, 2.24) is 15.0 Å². The van der Waals surface area contributed by atoms with Gasteiger partial charge in [0.15, 0.2) is 11.5 Å². The van der Waals surface area contributed by atoms with E-state index in [1.54, 1.807) is 6.20 Å². The summed E-state index contributed by atoms with van der Waals surface area (Å²) in [5.41, 5.74) is 2.77. The van der Waals surface area contributed by atoms with E-state index in [0.29, 0.717) is 11.7 Å². The van der Waals surface area contributed by atoms with Gasteiger partial charge < -0.3 is 9.40 Å². The Morgan fingerprint density at radius 1 is 1.35 bits per heavy atom. The first-order valence-corrected chi connectivity index (χ1v) is 6.34. The smallest absolute Gasteiger partial charge is 0.192 e. The third-order valence-corrected chi connectivity index (χ3v) is 3.25. The van der Waals surface area contributed by atoms with Crippen LogP contribution in [0, 0.1) is 18.3 Å². The largest absolute Gasteiger partial charge is 0.441 e. The summed E-state index contributed by atoms with van der Waals surface area (Å²) in [5, 5.41) is 9.14. The van der Waals surface area contributed by atoms with Gasteiger partial charge in [0.2, 0.25) is 0 Å². The van der Waals surface area contributed by atoms with Crippen LogP contribution in [-0.4, -0.2) is 15.0 Å². The van der Waals surface area contributed by atoms with Crippen LogP contribution in [0.5, 0.6) is 0 Å². The van der Waals surface area contributed by atoms with Crippen LogP contribution in [0.4, 0.5) is 0 Å². The lowest BCUT2D eigenvalue weighted by molar-refractivity contribution is 0.561. The maximum Gasteiger partial charge on any atom is 0.192 e. The topological polar surface area (TPSA) is 78.5 Å². The number of fused-ring (bicyclic) bond motifs is 1. The zero-order valence-electron chi connectivity index (χ0n) is 11.6. The number of nitrogens with one attached hydrogen (secondary N) is 1. The Hall–Kier alpha value is -2.61. The molecule has 3 aromatic rings. The van der Waals surface area contributed by atoms with Crippen molar-refractivity contribution >= 4 is 11.1 Å². The molecular weight excluding hydrogens is 252 g/mol. The molecule has 3 rings (SSSR count). The molecule has 0 spiro atoms. The van der Waals surface area contributed by atoms with Crippen molar-refractivity contribution in [3.8, 4) is 17.3 Å². The Morgan fingerprint density at radius 3 is 2.90 bits per heavy atom. The molecule has 0 unspecified atom stereocenters. The molecule has 0 radical (unpaired) electrons. The van der Waals surface area contributed by atoms with Gasteiger partial charge in [-0.25, -0.2) is 9.97 Å². The molecule has 2 aromatic heterocycles. The number of aromatic nitrogens is 3. The van der Waals surface area contributed by atoms with E-state index in [9.17, 15) is 0 Å². The molecule has 5 heteroatoms. The fourth-order valence-corrected chi connectivity index (χ4v) is 2.05. The van der Waals surface area contributed by atoms with E-state index in [4.69, 9.17) is 9.68 Å². The number of nitriles is 1. The van der Waals surface area contributed by atoms with Crippen LogP contribution in [0.1, 0.15) is 25.6 Å². The summed E-state index contributed by atoms with van der Waals surface area (Å²) in [6.45, 7) is 5.49.